The lowest BCUT2D eigenvalue weighted by Gasteiger charge is -1.89. The highest BCUT2D eigenvalue weighted by molar-refractivity contribution is 5.71. The summed E-state index contributed by atoms with van der Waals surface area (Å²) >= 11 is 0. The van der Waals surface area contributed by atoms with Gasteiger partial charge >= 0.3 is 12.0 Å². The fourth-order valence-corrected chi connectivity index (χ4v) is 0.174. The molecule has 0 unspecified atom stereocenters. The van der Waals surface area contributed by atoms with E-state index in [4.69, 9.17) is 5.11 Å². The Morgan fingerprint density at radius 1 is 1.50 bits per heavy atom. The third-order valence-electron chi connectivity index (χ3n) is 0.845. The van der Waals surface area contributed by atoms with E-state index in [1.807, 2.05) is 6.92 Å². The molecule has 0 aromatic heterocycles. The number of carboxylic acid groups (broad SMARTS) is 1. The summed E-state index contributed by atoms with van der Waals surface area (Å²) in [5.74, 6) is -0.972. The van der Waals surface area contributed by atoms with E-state index in [0.717, 1.165) is 0 Å². The first-order chi connectivity index (χ1) is 5.41. The van der Waals surface area contributed by atoms with Crippen molar-refractivity contribution < 1.29 is 14.7 Å². The molecule has 4 N–H and O–H groups in total. The van der Waals surface area contributed by atoms with Crippen LogP contribution in [0.25, 0.3) is 0 Å². The number of urea groups is 1. The van der Waals surface area contributed by atoms with Crippen LogP contribution in [0.15, 0.2) is 0 Å². The van der Waals surface area contributed by atoms with Gasteiger partial charge in [0.05, 0.1) is 5.92 Å². The molecule has 72 valence electrons. The minimum Gasteiger partial charge on any atom is -0.481 e. The summed E-state index contributed by atoms with van der Waals surface area (Å²) in [5, 5.41) is 10.3. The molecule has 0 saturated carbocycles. The summed E-state index contributed by atoms with van der Waals surface area (Å²) in [5.41, 5.74) is 4.65. The molecule has 12 heavy (non-hydrogen) atoms. The maximum atomic E-state index is 9.71. The Morgan fingerprint density at radius 2 is 1.83 bits per heavy atom. The first-order valence-corrected chi connectivity index (χ1v) is 3.67. The number of hydrogen-bond acceptors (Lipinski definition) is 2. The van der Waals surface area contributed by atoms with Crippen LogP contribution in [0.5, 0.6) is 0 Å². The number of rotatable bonds is 2. The quantitative estimate of drug-likeness (QED) is 0.568. The van der Waals surface area contributed by atoms with Crippen LogP contribution in [0.3, 0.4) is 0 Å². The smallest absolute Gasteiger partial charge is 0.312 e. The number of primary amides is 1. The molecule has 0 rings (SSSR count). The molecule has 5 heteroatoms. The highest BCUT2D eigenvalue weighted by Crippen LogP contribution is 1.87. The van der Waals surface area contributed by atoms with Gasteiger partial charge in [-0.1, -0.05) is 13.8 Å². The Bertz CT molecular complexity index is 146. The average Bonchev–Trinajstić information content (AvgIpc) is 1.87. The monoisotopic (exact) mass is 176 g/mol. The molecule has 0 spiro atoms. The predicted octanol–water partition coefficient (Wildman–Crippen LogP) is 0.402. The molecule has 0 aromatic carbocycles. The van der Waals surface area contributed by atoms with Gasteiger partial charge in [0.25, 0.3) is 0 Å². The van der Waals surface area contributed by atoms with Crippen LogP contribution in [0.1, 0.15) is 20.8 Å². The van der Waals surface area contributed by atoms with Crippen molar-refractivity contribution in [3.8, 4) is 0 Å². The standard InChI is InChI=1S/C4H8O2.C3H8N2O/c1-3(2)4(5)6;1-2-5-3(4)6/h3H,1-2H3,(H,5,6);2H2,1H3,(H3,4,5,6). The van der Waals surface area contributed by atoms with Gasteiger partial charge in [0, 0.05) is 6.54 Å². The fourth-order valence-electron chi connectivity index (χ4n) is 0.174. The molecule has 0 aliphatic heterocycles. The molecule has 2 amide bonds. The Morgan fingerprint density at radius 3 is 1.83 bits per heavy atom. The minimum absolute atomic E-state index is 0.231. The number of hydrogen-bond donors (Lipinski definition) is 3. The van der Waals surface area contributed by atoms with Gasteiger partial charge in [0.15, 0.2) is 0 Å². The van der Waals surface area contributed by atoms with Crippen molar-refractivity contribution in [3.63, 3.8) is 0 Å². The van der Waals surface area contributed by atoms with Gasteiger partial charge in [-0.05, 0) is 6.92 Å². The van der Waals surface area contributed by atoms with Gasteiger partial charge in [-0.15, -0.1) is 0 Å². The van der Waals surface area contributed by atoms with Crippen molar-refractivity contribution in [1.29, 1.82) is 0 Å². The third kappa shape index (κ3) is 15.9. The summed E-state index contributed by atoms with van der Waals surface area (Å²) in [6.07, 6.45) is 0. The SMILES string of the molecule is CC(C)C(=O)O.CCNC(N)=O. The first kappa shape index (κ1) is 13.3. The third-order valence-corrected chi connectivity index (χ3v) is 0.845. The lowest BCUT2D eigenvalue weighted by atomic mass is 10.2. The molecule has 0 aliphatic rings. The molecule has 0 fully saturated rings. The molecule has 5 nitrogen and oxygen atoms in total. The number of carboxylic acids is 1. The van der Waals surface area contributed by atoms with E-state index >= 15 is 0 Å². The summed E-state index contributed by atoms with van der Waals surface area (Å²) in [7, 11) is 0. The molecular formula is C7H16N2O3. The maximum absolute atomic E-state index is 9.71. The molecule has 0 atom stereocenters. The van der Waals surface area contributed by atoms with Gasteiger partial charge in [-0.25, -0.2) is 4.79 Å². The molecule has 0 aliphatic carbocycles. The van der Waals surface area contributed by atoms with E-state index in [9.17, 15) is 9.59 Å². The Labute approximate surface area is 71.9 Å². The van der Waals surface area contributed by atoms with Gasteiger partial charge in [-0.2, -0.15) is 0 Å². The zero-order valence-electron chi connectivity index (χ0n) is 7.63. The highest BCUT2D eigenvalue weighted by Gasteiger charge is 1.99. The zero-order valence-corrected chi connectivity index (χ0v) is 7.63. The summed E-state index contributed by atoms with van der Waals surface area (Å²) in [6, 6.07) is -0.461. The molecular weight excluding hydrogens is 160 g/mol. The second-order valence-electron chi connectivity index (χ2n) is 2.39. The number of amides is 2. The lowest BCUT2D eigenvalue weighted by Crippen LogP contribution is -2.28. The Kier molecular flexibility index (Phi) is 8.72. The molecule has 0 radical (unpaired) electrons. The van der Waals surface area contributed by atoms with Gasteiger partial charge in [0.2, 0.25) is 0 Å². The van der Waals surface area contributed by atoms with Crippen molar-refractivity contribution in [2.24, 2.45) is 11.7 Å². The van der Waals surface area contributed by atoms with E-state index < -0.39 is 12.0 Å². The van der Waals surface area contributed by atoms with Crippen molar-refractivity contribution in [3.05, 3.63) is 0 Å². The molecule has 0 bridgehead atoms. The molecule has 0 aromatic rings. The van der Waals surface area contributed by atoms with Crippen molar-refractivity contribution in [1.82, 2.24) is 5.32 Å². The van der Waals surface area contributed by atoms with E-state index in [-0.39, 0.29) is 5.92 Å². The lowest BCUT2D eigenvalue weighted by molar-refractivity contribution is -0.140. The van der Waals surface area contributed by atoms with Crippen LogP contribution in [0, 0.1) is 5.92 Å². The minimum atomic E-state index is -0.741. The first-order valence-electron chi connectivity index (χ1n) is 3.67. The second-order valence-corrected chi connectivity index (χ2v) is 2.39. The number of nitrogens with one attached hydrogen (secondary N) is 1. The van der Waals surface area contributed by atoms with Crippen molar-refractivity contribution in [2.45, 2.75) is 20.8 Å². The molecule has 0 saturated heterocycles. The second kappa shape index (κ2) is 7.84. The van der Waals surface area contributed by atoms with E-state index in [0.29, 0.717) is 6.54 Å². The Hall–Kier alpha value is -1.26. The Balaban J connectivity index is 0. The predicted molar refractivity (Wildman–Crippen MR) is 45.7 cm³/mol. The largest absolute Gasteiger partial charge is 0.481 e. The van der Waals surface area contributed by atoms with Crippen LogP contribution < -0.4 is 11.1 Å². The molecule has 0 heterocycles. The van der Waals surface area contributed by atoms with E-state index in [1.54, 1.807) is 13.8 Å². The van der Waals surface area contributed by atoms with Crippen LogP contribution in [0.2, 0.25) is 0 Å². The van der Waals surface area contributed by atoms with E-state index in [1.165, 1.54) is 0 Å². The summed E-state index contributed by atoms with van der Waals surface area (Å²) in [6.45, 7) is 5.70. The van der Waals surface area contributed by atoms with Gasteiger partial charge < -0.3 is 16.2 Å². The van der Waals surface area contributed by atoms with Gasteiger partial charge in [0.1, 0.15) is 0 Å². The maximum Gasteiger partial charge on any atom is 0.312 e. The fraction of sp³-hybridized carbons (Fsp3) is 0.714. The normalized spacial score (nSPS) is 8.33. The number of carbonyl (C=O) groups is 2. The van der Waals surface area contributed by atoms with Crippen LogP contribution in [-0.4, -0.2) is 23.7 Å². The van der Waals surface area contributed by atoms with Crippen LogP contribution in [0.4, 0.5) is 4.79 Å². The van der Waals surface area contributed by atoms with Crippen LogP contribution in [-0.2, 0) is 4.79 Å². The van der Waals surface area contributed by atoms with Crippen LogP contribution >= 0.6 is 0 Å². The number of aliphatic carboxylic acids is 1. The highest BCUT2D eigenvalue weighted by atomic mass is 16.4. The number of nitrogens with two attached hydrogens (primary N) is 1. The summed E-state index contributed by atoms with van der Waals surface area (Å²) in [4.78, 5) is 19.4. The average molecular weight is 176 g/mol. The number of carbonyl (C=O) groups excluding carboxylic acids is 1. The van der Waals surface area contributed by atoms with E-state index in [2.05, 4.69) is 11.1 Å². The van der Waals surface area contributed by atoms with Crippen molar-refractivity contribution in [2.75, 3.05) is 6.54 Å². The summed E-state index contributed by atoms with van der Waals surface area (Å²) < 4.78 is 0. The van der Waals surface area contributed by atoms with Crippen molar-refractivity contribution >= 4 is 12.0 Å². The topological polar surface area (TPSA) is 92.4 Å². The zero-order chi connectivity index (χ0) is 10.1. The van der Waals surface area contributed by atoms with Gasteiger partial charge in [-0.3, -0.25) is 4.79 Å².